The van der Waals surface area contributed by atoms with Gasteiger partial charge in [0.1, 0.15) is 18.4 Å². The maximum atomic E-state index is 15.2. The van der Waals surface area contributed by atoms with E-state index >= 15 is 4.39 Å². The summed E-state index contributed by atoms with van der Waals surface area (Å²) >= 11 is 6.26. The third kappa shape index (κ3) is 8.45. The van der Waals surface area contributed by atoms with Gasteiger partial charge in [-0.25, -0.2) is 12.8 Å². The summed E-state index contributed by atoms with van der Waals surface area (Å²) < 4.78 is 43.7. The summed E-state index contributed by atoms with van der Waals surface area (Å²) in [5.41, 5.74) is 1.17. The number of carbonyl (C=O) groups is 2. The van der Waals surface area contributed by atoms with Crippen LogP contribution in [0.5, 0.6) is 0 Å². The molecule has 1 N–H and O–H groups in total. The lowest BCUT2D eigenvalue weighted by atomic mass is 10.0. The minimum atomic E-state index is -4.39. The Hall–Kier alpha value is -4.21. The number of sulfonamides is 1. The molecule has 0 bridgehead atoms. The number of para-hydroxylation sites is 1. The number of anilines is 1. The van der Waals surface area contributed by atoms with Crippen molar-refractivity contribution >= 4 is 39.1 Å². The minimum absolute atomic E-state index is 0.0392. The predicted octanol–water partition coefficient (Wildman–Crippen LogP) is 6.09. The van der Waals surface area contributed by atoms with E-state index in [-0.39, 0.29) is 35.4 Å². The third-order valence-electron chi connectivity index (χ3n) is 6.93. The molecular formula is C34H35ClFN3O4S. The Balaban J connectivity index is 1.80. The lowest BCUT2D eigenvalue weighted by Gasteiger charge is -2.34. The number of rotatable bonds is 13. The first-order chi connectivity index (χ1) is 21.1. The molecule has 2 amide bonds. The smallest absolute Gasteiger partial charge is 0.264 e. The molecule has 4 aromatic carbocycles. The van der Waals surface area contributed by atoms with E-state index in [1.807, 2.05) is 44.2 Å². The molecule has 0 aliphatic heterocycles. The first kappa shape index (κ1) is 32.7. The van der Waals surface area contributed by atoms with E-state index in [0.29, 0.717) is 17.1 Å². The molecule has 0 saturated heterocycles. The molecule has 0 fully saturated rings. The Morgan fingerprint density at radius 3 is 2.09 bits per heavy atom. The van der Waals surface area contributed by atoms with Gasteiger partial charge in [0, 0.05) is 24.5 Å². The summed E-state index contributed by atoms with van der Waals surface area (Å²) in [4.78, 5) is 29.4. The maximum Gasteiger partial charge on any atom is 0.264 e. The maximum absolute atomic E-state index is 15.2. The molecule has 4 rings (SSSR count). The van der Waals surface area contributed by atoms with Crippen LogP contribution < -0.4 is 9.62 Å². The summed E-state index contributed by atoms with van der Waals surface area (Å²) in [6.45, 7) is 3.52. The van der Waals surface area contributed by atoms with Crippen LogP contribution in [0.3, 0.4) is 0 Å². The van der Waals surface area contributed by atoms with Crippen LogP contribution in [-0.4, -0.2) is 44.3 Å². The van der Waals surface area contributed by atoms with Gasteiger partial charge in [0.05, 0.1) is 10.6 Å². The van der Waals surface area contributed by atoms with Crippen LogP contribution in [0.1, 0.15) is 25.0 Å². The number of benzene rings is 4. The zero-order chi connectivity index (χ0) is 31.7. The van der Waals surface area contributed by atoms with Crippen molar-refractivity contribution < 1.29 is 22.4 Å². The molecular weight excluding hydrogens is 601 g/mol. The van der Waals surface area contributed by atoms with Gasteiger partial charge < -0.3 is 10.2 Å². The van der Waals surface area contributed by atoms with Crippen LogP contribution in [0.2, 0.25) is 5.02 Å². The van der Waals surface area contributed by atoms with E-state index in [4.69, 9.17) is 11.6 Å². The lowest BCUT2D eigenvalue weighted by Crippen LogP contribution is -2.53. The van der Waals surface area contributed by atoms with Crippen molar-refractivity contribution in [3.05, 3.63) is 131 Å². The second-order valence-electron chi connectivity index (χ2n) is 10.8. The second kappa shape index (κ2) is 15.0. The molecule has 0 aliphatic rings. The standard InChI is InChI=1S/C34H35ClFN3O4S/c1-25(2)22-37-34(41)32(21-26-12-5-3-6-13-26)38(23-27-14-11-15-28(35)20-27)33(40)24-39(31-19-10-9-18-30(31)36)44(42,43)29-16-7-4-8-17-29/h3-20,25,32H,21-24H2,1-2H3,(H,37,41). The first-order valence-electron chi connectivity index (χ1n) is 14.2. The molecule has 1 unspecified atom stereocenters. The molecule has 0 radical (unpaired) electrons. The molecule has 0 spiro atoms. The van der Waals surface area contributed by atoms with Crippen molar-refractivity contribution in [2.75, 3.05) is 17.4 Å². The monoisotopic (exact) mass is 635 g/mol. The Morgan fingerprint density at radius 2 is 1.45 bits per heavy atom. The number of halogens is 2. The molecule has 0 aliphatic carbocycles. The number of carbonyl (C=O) groups excluding carboxylic acids is 2. The molecule has 4 aromatic rings. The van der Waals surface area contributed by atoms with Crippen molar-refractivity contribution in [1.29, 1.82) is 0 Å². The summed E-state index contributed by atoms with van der Waals surface area (Å²) in [5.74, 6) is -1.73. The van der Waals surface area contributed by atoms with Crippen molar-refractivity contribution in [1.82, 2.24) is 10.2 Å². The zero-order valence-electron chi connectivity index (χ0n) is 24.6. The number of nitrogens with one attached hydrogen (secondary N) is 1. The van der Waals surface area contributed by atoms with Gasteiger partial charge in [-0.05, 0) is 53.4 Å². The minimum Gasteiger partial charge on any atom is -0.354 e. The van der Waals surface area contributed by atoms with Crippen molar-refractivity contribution in [2.45, 2.75) is 37.8 Å². The zero-order valence-corrected chi connectivity index (χ0v) is 26.1. The predicted molar refractivity (Wildman–Crippen MR) is 171 cm³/mol. The fourth-order valence-electron chi connectivity index (χ4n) is 4.70. The molecule has 44 heavy (non-hydrogen) atoms. The number of hydrogen-bond donors (Lipinski definition) is 1. The summed E-state index contributed by atoms with van der Waals surface area (Å²) in [5, 5.41) is 3.38. The summed E-state index contributed by atoms with van der Waals surface area (Å²) in [6.07, 6.45) is 0.169. The average molecular weight is 636 g/mol. The molecule has 0 heterocycles. The molecule has 7 nitrogen and oxygen atoms in total. The molecule has 10 heteroatoms. The van der Waals surface area contributed by atoms with Crippen LogP contribution in [0.4, 0.5) is 10.1 Å². The number of nitrogens with zero attached hydrogens (tertiary/aromatic N) is 2. The van der Waals surface area contributed by atoms with Gasteiger partial charge in [0.25, 0.3) is 10.0 Å². The van der Waals surface area contributed by atoms with Crippen molar-refractivity contribution in [3.8, 4) is 0 Å². The van der Waals surface area contributed by atoms with Gasteiger partial charge >= 0.3 is 0 Å². The summed E-state index contributed by atoms with van der Waals surface area (Å²) in [6, 6.07) is 28.0. The van der Waals surface area contributed by atoms with Crippen LogP contribution in [0.15, 0.2) is 114 Å². The quantitative estimate of drug-likeness (QED) is 0.193. The average Bonchev–Trinajstić information content (AvgIpc) is 3.01. The number of amides is 2. The molecule has 0 saturated carbocycles. The number of hydrogen-bond acceptors (Lipinski definition) is 4. The highest BCUT2D eigenvalue weighted by molar-refractivity contribution is 7.92. The van der Waals surface area contributed by atoms with E-state index in [9.17, 15) is 18.0 Å². The van der Waals surface area contributed by atoms with E-state index in [2.05, 4.69) is 5.32 Å². The SMILES string of the molecule is CC(C)CNC(=O)C(Cc1ccccc1)N(Cc1cccc(Cl)c1)C(=O)CN(c1ccccc1F)S(=O)(=O)c1ccccc1. The van der Waals surface area contributed by atoms with Crippen LogP contribution in [-0.2, 0) is 32.6 Å². The van der Waals surface area contributed by atoms with E-state index < -0.39 is 34.3 Å². The normalized spacial score (nSPS) is 12.0. The summed E-state index contributed by atoms with van der Waals surface area (Å²) in [7, 11) is -4.39. The van der Waals surface area contributed by atoms with Gasteiger partial charge in [-0.1, -0.05) is 98.2 Å². The van der Waals surface area contributed by atoms with Crippen LogP contribution in [0.25, 0.3) is 0 Å². The van der Waals surface area contributed by atoms with E-state index in [0.717, 1.165) is 15.9 Å². The topological polar surface area (TPSA) is 86.8 Å². The third-order valence-corrected chi connectivity index (χ3v) is 8.94. The van der Waals surface area contributed by atoms with Gasteiger partial charge in [0.2, 0.25) is 11.8 Å². The van der Waals surface area contributed by atoms with Crippen molar-refractivity contribution in [2.24, 2.45) is 5.92 Å². The van der Waals surface area contributed by atoms with Gasteiger partial charge in [-0.15, -0.1) is 0 Å². The molecule has 230 valence electrons. The fraction of sp³-hybridized carbons (Fsp3) is 0.235. The fourth-order valence-corrected chi connectivity index (χ4v) is 6.35. The van der Waals surface area contributed by atoms with Gasteiger partial charge in [-0.2, -0.15) is 0 Å². The van der Waals surface area contributed by atoms with E-state index in [1.54, 1.807) is 42.5 Å². The van der Waals surface area contributed by atoms with Crippen molar-refractivity contribution in [3.63, 3.8) is 0 Å². The highest BCUT2D eigenvalue weighted by Gasteiger charge is 2.35. The Morgan fingerprint density at radius 1 is 0.841 bits per heavy atom. The highest BCUT2D eigenvalue weighted by atomic mass is 35.5. The second-order valence-corrected chi connectivity index (χ2v) is 13.1. The van der Waals surface area contributed by atoms with E-state index in [1.165, 1.54) is 35.2 Å². The first-order valence-corrected chi connectivity index (χ1v) is 16.1. The Bertz CT molecular complexity index is 1670. The van der Waals surface area contributed by atoms with Gasteiger partial charge in [0.15, 0.2) is 0 Å². The largest absolute Gasteiger partial charge is 0.354 e. The molecule has 1 atom stereocenters. The molecule has 0 aromatic heterocycles. The van der Waals surface area contributed by atoms with Crippen LogP contribution >= 0.6 is 11.6 Å². The van der Waals surface area contributed by atoms with Gasteiger partial charge in [-0.3, -0.25) is 13.9 Å². The lowest BCUT2D eigenvalue weighted by molar-refractivity contribution is -0.140. The Kier molecular flexibility index (Phi) is 11.1. The Labute approximate surface area is 263 Å². The van der Waals surface area contributed by atoms with Crippen LogP contribution in [0, 0.1) is 11.7 Å². The highest BCUT2D eigenvalue weighted by Crippen LogP contribution is 2.27.